The number of aryl methyl sites for hydroxylation is 1. The molecule has 4 rings (SSSR count). The summed E-state index contributed by atoms with van der Waals surface area (Å²) in [5, 5.41) is 32.4. The van der Waals surface area contributed by atoms with Crippen molar-refractivity contribution < 1.29 is 47.8 Å². The molecule has 1 unspecified atom stereocenters. The quantitative estimate of drug-likeness (QED) is 0.0695. The number of nitrogens with one attached hydrogen (secondary N) is 1. The molecule has 0 aliphatic carbocycles. The minimum Gasteiger partial charge on any atom is -0.477 e. The predicted molar refractivity (Wildman–Crippen MR) is 155 cm³/mol. The molecule has 1 fully saturated rings. The number of oxime groups is 1. The molecular weight excluding hydrogens is 652 g/mol. The van der Waals surface area contributed by atoms with Crippen LogP contribution in [-0.2, 0) is 24.9 Å². The van der Waals surface area contributed by atoms with E-state index in [1.165, 1.54) is 16.7 Å². The number of fused-ring (bicyclic) bond motifs is 1. The molecule has 20 heteroatoms. The predicted octanol–water partition coefficient (Wildman–Crippen LogP) is 2.01. The smallest absolute Gasteiger partial charge is 0.477 e. The summed E-state index contributed by atoms with van der Waals surface area (Å²) in [7, 11) is 0. The van der Waals surface area contributed by atoms with Crippen LogP contribution in [0.25, 0.3) is 0 Å². The molecule has 8 N–H and O–H groups in total. The van der Waals surface area contributed by atoms with Gasteiger partial charge in [-0.2, -0.15) is 24.9 Å². The summed E-state index contributed by atoms with van der Waals surface area (Å²) >= 11 is 4.11. The Morgan fingerprint density at radius 3 is 2.52 bits per heavy atom. The second-order valence-electron chi connectivity index (χ2n) is 8.98. The van der Waals surface area contributed by atoms with Crippen LogP contribution in [0.4, 0.5) is 18.3 Å². The van der Waals surface area contributed by atoms with Crippen LogP contribution in [-0.4, -0.2) is 90.3 Å². The number of hydrogen-bond donors (Lipinski definition) is 6. The van der Waals surface area contributed by atoms with Crippen LogP contribution in [0.15, 0.2) is 39.1 Å². The SMILES string of the molecule is Cc1sc(N)nc1/C(=N/O)C(=O)N[C@H]1C(=O)N2C(C(=O)O)=C(Sc3ccncc3CSCCN)CCC12.O=C(O)C(F)(F)F. The van der Waals surface area contributed by atoms with E-state index >= 15 is 0 Å². The number of nitrogens with two attached hydrogens (primary N) is 2. The maximum absolute atomic E-state index is 13.0. The lowest BCUT2D eigenvalue weighted by Crippen LogP contribution is -2.72. The van der Waals surface area contributed by atoms with Gasteiger partial charge in [0, 0.05) is 45.1 Å². The second-order valence-corrected chi connectivity index (χ2v) is 12.5. The van der Waals surface area contributed by atoms with Crippen LogP contribution in [0.1, 0.15) is 29.0 Å². The Labute approximate surface area is 259 Å². The van der Waals surface area contributed by atoms with Gasteiger partial charge in [-0.1, -0.05) is 16.9 Å². The minimum atomic E-state index is -5.08. The first-order chi connectivity index (χ1) is 20.7. The lowest BCUT2D eigenvalue weighted by Gasteiger charge is -2.50. The third-order valence-electron chi connectivity index (χ3n) is 6.09. The number of carbonyl (C=O) groups excluding carboxylic acids is 2. The Morgan fingerprint density at radius 1 is 1.30 bits per heavy atom. The lowest BCUT2D eigenvalue weighted by atomic mass is 9.86. The van der Waals surface area contributed by atoms with Crippen LogP contribution >= 0.6 is 34.9 Å². The number of β-lactam (4-membered cyclic amide) rings is 1. The van der Waals surface area contributed by atoms with Crippen molar-refractivity contribution in [3.8, 4) is 0 Å². The fourth-order valence-corrected chi connectivity index (χ4v) is 6.89. The minimum absolute atomic E-state index is 0.0895. The number of thiazole rings is 1. The van der Waals surface area contributed by atoms with Crippen LogP contribution < -0.4 is 16.8 Å². The number of hydrogen-bond acceptors (Lipinski definition) is 13. The second kappa shape index (κ2) is 14.7. The molecule has 44 heavy (non-hydrogen) atoms. The molecule has 2 atom stereocenters. The molecule has 14 nitrogen and oxygen atoms in total. The summed E-state index contributed by atoms with van der Waals surface area (Å²) in [4.78, 5) is 58.4. The van der Waals surface area contributed by atoms with Crippen molar-refractivity contribution in [1.82, 2.24) is 20.2 Å². The Morgan fingerprint density at radius 2 is 1.98 bits per heavy atom. The number of allylic oxidation sites excluding steroid dienone is 1. The summed E-state index contributed by atoms with van der Waals surface area (Å²) in [5.74, 6) is -3.85. The molecule has 0 bridgehead atoms. The number of halogens is 3. The highest BCUT2D eigenvalue weighted by Crippen LogP contribution is 2.44. The zero-order valence-electron chi connectivity index (χ0n) is 22.7. The number of nitrogens with zero attached hydrogens (tertiary/aromatic N) is 4. The fraction of sp³-hybridized carbons (Fsp3) is 0.375. The number of aromatic nitrogens is 2. The van der Waals surface area contributed by atoms with Crippen LogP contribution in [0.5, 0.6) is 0 Å². The molecule has 4 heterocycles. The number of carboxylic acids is 2. The average Bonchev–Trinajstić information content (AvgIpc) is 3.29. The molecule has 238 valence electrons. The molecule has 0 saturated carbocycles. The third kappa shape index (κ3) is 7.98. The van der Waals surface area contributed by atoms with Crippen LogP contribution in [0.3, 0.4) is 0 Å². The number of aliphatic carboxylic acids is 2. The van der Waals surface area contributed by atoms with Gasteiger partial charge in [-0.3, -0.25) is 19.5 Å². The van der Waals surface area contributed by atoms with Gasteiger partial charge < -0.3 is 32.2 Å². The van der Waals surface area contributed by atoms with E-state index in [2.05, 4.69) is 20.4 Å². The highest BCUT2D eigenvalue weighted by molar-refractivity contribution is 8.03. The Balaban J connectivity index is 0.000000676. The molecule has 0 radical (unpaired) electrons. The lowest BCUT2D eigenvalue weighted by molar-refractivity contribution is -0.192. The Kier molecular flexibility index (Phi) is 11.6. The number of anilines is 1. The average molecular weight is 678 g/mol. The van der Waals surface area contributed by atoms with Crippen molar-refractivity contribution in [1.29, 1.82) is 0 Å². The van der Waals surface area contributed by atoms with E-state index in [0.29, 0.717) is 34.9 Å². The number of nitrogen functional groups attached to an aromatic ring is 1. The first kappa shape index (κ1) is 34.6. The largest absolute Gasteiger partial charge is 0.490 e. The van der Waals surface area contributed by atoms with E-state index in [-0.39, 0.29) is 22.2 Å². The molecule has 2 aliphatic heterocycles. The molecule has 0 spiro atoms. The van der Waals surface area contributed by atoms with Gasteiger partial charge in [0.15, 0.2) is 10.8 Å². The summed E-state index contributed by atoms with van der Waals surface area (Å²) in [6, 6.07) is 0.335. The standard InChI is InChI=1S/C22H25N7O5S3.C2HF3O2/c1-10-15(27-22(24)36-10)17(28-34)19(30)26-16-12-2-3-14(18(21(32)33)29(12)20(16)31)37-13-4-6-25-8-11(13)9-35-7-5-23;3-2(4,5)1(6)7/h4,6,8,12,16,34H,2-3,5,7,9,23H2,1H3,(H2,24,27)(H,26,30)(H,32,33);(H,6,7)/b28-17-;/t12?,16-;/m1./s1. The van der Waals surface area contributed by atoms with Gasteiger partial charge in [-0.05, 0) is 31.4 Å². The fourth-order valence-electron chi connectivity index (χ4n) is 4.19. The summed E-state index contributed by atoms with van der Waals surface area (Å²) in [5.41, 5.74) is 11.9. The molecule has 2 aliphatic rings. The maximum Gasteiger partial charge on any atom is 0.490 e. The van der Waals surface area contributed by atoms with Gasteiger partial charge in [0.25, 0.3) is 11.8 Å². The first-order valence-corrected chi connectivity index (χ1v) is 15.2. The van der Waals surface area contributed by atoms with E-state index < -0.39 is 42.0 Å². The van der Waals surface area contributed by atoms with Crippen LogP contribution in [0, 0.1) is 6.92 Å². The van der Waals surface area contributed by atoms with Gasteiger partial charge in [0.2, 0.25) is 0 Å². The zero-order chi connectivity index (χ0) is 32.8. The number of carbonyl (C=O) groups is 4. The van der Waals surface area contributed by atoms with Crippen molar-refractivity contribution in [3.63, 3.8) is 0 Å². The van der Waals surface area contributed by atoms with Crippen molar-refractivity contribution >= 4 is 69.5 Å². The van der Waals surface area contributed by atoms with E-state index in [0.717, 1.165) is 27.5 Å². The van der Waals surface area contributed by atoms with Gasteiger partial charge in [-0.25, -0.2) is 14.6 Å². The Hall–Kier alpha value is -3.88. The van der Waals surface area contributed by atoms with E-state index in [9.17, 15) is 37.9 Å². The van der Waals surface area contributed by atoms with Crippen molar-refractivity contribution in [3.05, 3.63) is 45.2 Å². The first-order valence-electron chi connectivity index (χ1n) is 12.5. The van der Waals surface area contributed by atoms with E-state index in [1.54, 1.807) is 31.1 Å². The van der Waals surface area contributed by atoms with Gasteiger partial charge in [0.1, 0.15) is 17.4 Å². The number of alkyl halides is 3. The van der Waals surface area contributed by atoms with E-state index in [4.69, 9.17) is 21.4 Å². The molecule has 1 saturated heterocycles. The zero-order valence-corrected chi connectivity index (χ0v) is 25.1. The third-order valence-corrected chi connectivity index (χ3v) is 9.19. The number of pyridine rings is 1. The topological polar surface area (TPSA) is 234 Å². The molecule has 2 aromatic rings. The molecule has 0 aromatic carbocycles. The van der Waals surface area contributed by atoms with Gasteiger partial charge >= 0.3 is 18.1 Å². The molecular formula is C24H26F3N7O7S3. The van der Waals surface area contributed by atoms with Gasteiger partial charge in [0.05, 0.1) is 6.04 Å². The highest BCUT2D eigenvalue weighted by atomic mass is 32.2. The van der Waals surface area contributed by atoms with Crippen molar-refractivity contribution in [2.75, 3.05) is 18.0 Å². The van der Waals surface area contributed by atoms with Crippen LogP contribution in [0.2, 0.25) is 0 Å². The Bertz CT molecular complexity index is 1500. The normalized spacial score (nSPS) is 18.2. The summed E-state index contributed by atoms with van der Waals surface area (Å²) in [6.45, 7) is 2.23. The molecule has 2 aromatic heterocycles. The maximum atomic E-state index is 13.0. The number of amides is 2. The van der Waals surface area contributed by atoms with E-state index in [1.807, 2.05) is 6.07 Å². The number of carboxylic acid groups (broad SMARTS) is 2. The monoisotopic (exact) mass is 677 g/mol. The number of rotatable bonds is 10. The number of thioether (sulfide) groups is 2. The summed E-state index contributed by atoms with van der Waals surface area (Å²) < 4.78 is 31.7. The molecule has 2 amide bonds. The highest BCUT2D eigenvalue weighted by Gasteiger charge is 2.54. The van der Waals surface area contributed by atoms with Crippen molar-refractivity contribution in [2.45, 2.75) is 48.7 Å². The summed E-state index contributed by atoms with van der Waals surface area (Å²) in [6.07, 6.45) is -0.832. The van der Waals surface area contributed by atoms with Crippen molar-refractivity contribution in [2.24, 2.45) is 10.9 Å². The van der Waals surface area contributed by atoms with Gasteiger partial charge in [-0.15, -0.1) is 11.3 Å².